The Morgan fingerprint density at radius 2 is 1.85 bits per heavy atom. The molecule has 0 saturated heterocycles. The molecule has 0 aliphatic rings. The molecule has 0 radical (unpaired) electrons. The minimum absolute atomic E-state index is 0.218. The highest BCUT2D eigenvalue weighted by atomic mass is 16.5. The van der Waals surface area contributed by atoms with E-state index in [4.69, 9.17) is 9.47 Å². The maximum Gasteiger partial charge on any atom is 0.314 e. The molecule has 4 heteroatoms. The SMILES string of the molecule is COCC(NCC(C(=O)OC)c1ccccc1)C(C)C. The third-order valence-electron chi connectivity index (χ3n) is 3.42. The van der Waals surface area contributed by atoms with E-state index in [1.807, 2.05) is 30.3 Å². The lowest BCUT2D eigenvalue weighted by Crippen LogP contribution is -2.41. The standard InChI is InChI=1S/C16H25NO3/c1-12(2)15(11-19-3)17-10-14(16(18)20-4)13-8-6-5-7-9-13/h5-9,12,14-15,17H,10-11H2,1-4H3. The Kier molecular flexibility index (Phi) is 7.26. The van der Waals surface area contributed by atoms with Crippen LogP contribution in [-0.4, -0.2) is 39.4 Å². The number of benzene rings is 1. The zero-order valence-corrected chi connectivity index (χ0v) is 12.8. The molecule has 20 heavy (non-hydrogen) atoms. The quantitative estimate of drug-likeness (QED) is 0.741. The molecule has 1 aromatic rings. The van der Waals surface area contributed by atoms with Crippen molar-refractivity contribution in [3.05, 3.63) is 35.9 Å². The van der Waals surface area contributed by atoms with Gasteiger partial charge in [-0.15, -0.1) is 0 Å². The average molecular weight is 279 g/mol. The second-order valence-corrected chi connectivity index (χ2v) is 5.20. The Bertz CT molecular complexity index is 392. The molecular formula is C16H25NO3. The molecule has 0 spiro atoms. The fraction of sp³-hybridized carbons (Fsp3) is 0.562. The van der Waals surface area contributed by atoms with Crippen molar-refractivity contribution in [2.75, 3.05) is 27.4 Å². The van der Waals surface area contributed by atoms with Gasteiger partial charge in [-0.05, 0) is 11.5 Å². The Morgan fingerprint density at radius 3 is 2.35 bits per heavy atom. The summed E-state index contributed by atoms with van der Waals surface area (Å²) < 4.78 is 10.1. The van der Waals surface area contributed by atoms with E-state index in [-0.39, 0.29) is 17.9 Å². The monoisotopic (exact) mass is 279 g/mol. The molecule has 0 heterocycles. The fourth-order valence-electron chi connectivity index (χ4n) is 2.10. The van der Waals surface area contributed by atoms with Crippen LogP contribution in [0.2, 0.25) is 0 Å². The van der Waals surface area contributed by atoms with E-state index >= 15 is 0 Å². The lowest BCUT2D eigenvalue weighted by atomic mass is 9.97. The van der Waals surface area contributed by atoms with Crippen LogP contribution in [0.1, 0.15) is 25.3 Å². The number of esters is 1. The van der Waals surface area contributed by atoms with Crippen LogP contribution in [0.15, 0.2) is 30.3 Å². The summed E-state index contributed by atoms with van der Waals surface area (Å²) in [5, 5.41) is 3.41. The van der Waals surface area contributed by atoms with Gasteiger partial charge in [0.1, 0.15) is 0 Å². The molecule has 2 unspecified atom stereocenters. The first-order valence-corrected chi connectivity index (χ1v) is 6.95. The van der Waals surface area contributed by atoms with Crippen LogP contribution in [0, 0.1) is 5.92 Å². The maximum atomic E-state index is 12.0. The van der Waals surface area contributed by atoms with Gasteiger partial charge in [-0.25, -0.2) is 0 Å². The summed E-state index contributed by atoms with van der Waals surface area (Å²) in [6.07, 6.45) is 0. The summed E-state index contributed by atoms with van der Waals surface area (Å²) in [4.78, 5) is 12.0. The number of nitrogens with one attached hydrogen (secondary N) is 1. The van der Waals surface area contributed by atoms with Crippen LogP contribution in [0.4, 0.5) is 0 Å². The molecule has 0 saturated carbocycles. The van der Waals surface area contributed by atoms with Crippen molar-refractivity contribution in [3.8, 4) is 0 Å². The predicted octanol–water partition coefficient (Wildman–Crippen LogP) is 2.20. The molecule has 1 N–H and O–H groups in total. The molecule has 0 aromatic heterocycles. The van der Waals surface area contributed by atoms with E-state index in [2.05, 4.69) is 19.2 Å². The molecule has 0 aliphatic carbocycles. The van der Waals surface area contributed by atoms with E-state index in [9.17, 15) is 4.79 Å². The first-order valence-electron chi connectivity index (χ1n) is 6.95. The largest absolute Gasteiger partial charge is 0.469 e. The number of carbonyl (C=O) groups excluding carboxylic acids is 1. The molecule has 4 nitrogen and oxygen atoms in total. The number of rotatable bonds is 8. The minimum atomic E-state index is -0.292. The first-order chi connectivity index (χ1) is 9.60. The van der Waals surface area contributed by atoms with E-state index < -0.39 is 0 Å². The summed E-state index contributed by atoms with van der Waals surface area (Å²) >= 11 is 0. The summed E-state index contributed by atoms with van der Waals surface area (Å²) in [5.74, 6) is -0.0769. The number of carbonyl (C=O) groups is 1. The van der Waals surface area contributed by atoms with Gasteiger partial charge in [0.25, 0.3) is 0 Å². The topological polar surface area (TPSA) is 47.6 Å². The summed E-state index contributed by atoms with van der Waals surface area (Å²) in [7, 11) is 3.11. The molecule has 0 amide bonds. The molecule has 1 rings (SSSR count). The molecule has 2 atom stereocenters. The molecule has 0 bridgehead atoms. The van der Waals surface area contributed by atoms with Gasteiger partial charge in [-0.3, -0.25) is 4.79 Å². The van der Waals surface area contributed by atoms with Crippen molar-refractivity contribution in [1.29, 1.82) is 0 Å². The van der Waals surface area contributed by atoms with Gasteiger partial charge in [0.15, 0.2) is 0 Å². The van der Waals surface area contributed by atoms with E-state index in [1.54, 1.807) is 7.11 Å². The number of methoxy groups -OCH3 is 2. The second kappa shape index (κ2) is 8.72. The van der Waals surface area contributed by atoms with Crippen molar-refractivity contribution in [2.45, 2.75) is 25.8 Å². The predicted molar refractivity (Wildman–Crippen MR) is 79.7 cm³/mol. The van der Waals surface area contributed by atoms with Gasteiger partial charge in [0.05, 0.1) is 19.6 Å². The third kappa shape index (κ3) is 4.94. The smallest absolute Gasteiger partial charge is 0.314 e. The number of hydrogen-bond donors (Lipinski definition) is 1. The summed E-state index contributed by atoms with van der Waals surface area (Å²) in [5.41, 5.74) is 0.965. The lowest BCUT2D eigenvalue weighted by Gasteiger charge is -2.24. The van der Waals surface area contributed by atoms with Crippen LogP contribution in [0.3, 0.4) is 0 Å². The highest BCUT2D eigenvalue weighted by Gasteiger charge is 2.23. The first kappa shape index (κ1) is 16.7. The molecule has 112 valence electrons. The number of hydrogen-bond acceptors (Lipinski definition) is 4. The van der Waals surface area contributed by atoms with Gasteiger partial charge >= 0.3 is 5.97 Å². The van der Waals surface area contributed by atoms with Crippen LogP contribution >= 0.6 is 0 Å². The average Bonchev–Trinajstić information content (AvgIpc) is 2.46. The Balaban J connectivity index is 2.73. The van der Waals surface area contributed by atoms with Crippen LogP contribution in [-0.2, 0) is 14.3 Å². The molecule has 1 aromatic carbocycles. The van der Waals surface area contributed by atoms with Gasteiger partial charge in [0, 0.05) is 19.7 Å². The van der Waals surface area contributed by atoms with Crippen LogP contribution in [0.5, 0.6) is 0 Å². The molecule has 0 fully saturated rings. The van der Waals surface area contributed by atoms with Crippen LogP contribution < -0.4 is 5.32 Å². The van der Waals surface area contributed by atoms with Gasteiger partial charge in [-0.2, -0.15) is 0 Å². The summed E-state index contributed by atoms with van der Waals surface area (Å²) in [6.45, 7) is 5.43. The third-order valence-corrected chi connectivity index (χ3v) is 3.42. The minimum Gasteiger partial charge on any atom is -0.469 e. The van der Waals surface area contributed by atoms with Gasteiger partial charge < -0.3 is 14.8 Å². The summed E-state index contributed by atoms with van der Waals surface area (Å²) in [6, 6.07) is 9.91. The zero-order valence-electron chi connectivity index (χ0n) is 12.8. The zero-order chi connectivity index (χ0) is 15.0. The molecule has 0 aliphatic heterocycles. The van der Waals surface area contributed by atoms with E-state index in [0.29, 0.717) is 19.1 Å². The Labute approximate surface area is 121 Å². The van der Waals surface area contributed by atoms with Gasteiger partial charge in [0.2, 0.25) is 0 Å². The van der Waals surface area contributed by atoms with Crippen molar-refractivity contribution in [3.63, 3.8) is 0 Å². The highest BCUT2D eigenvalue weighted by molar-refractivity contribution is 5.78. The lowest BCUT2D eigenvalue weighted by molar-refractivity contribution is -0.142. The Morgan fingerprint density at radius 1 is 1.20 bits per heavy atom. The van der Waals surface area contributed by atoms with Crippen molar-refractivity contribution >= 4 is 5.97 Å². The van der Waals surface area contributed by atoms with Crippen molar-refractivity contribution < 1.29 is 14.3 Å². The molecular weight excluding hydrogens is 254 g/mol. The van der Waals surface area contributed by atoms with Crippen molar-refractivity contribution in [1.82, 2.24) is 5.32 Å². The normalized spacial score (nSPS) is 14.1. The maximum absolute atomic E-state index is 12.0. The van der Waals surface area contributed by atoms with Crippen molar-refractivity contribution in [2.24, 2.45) is 5.92 Å². The van der Waals surface area contributed by atoms with E-state index in [0.717, 1.165) is 5.56 Å². The Hall–Kier alpha value is -1.39. The second-order valence-electron chi connectivity index (χ2n) is 5.20. The number of ether oxygens (including phenoxy) is 2. The fourth-order valence-corrected chi connectivity index (χ4v) is 2.10. The van der Waals surface area contributed by atoms with E-state index in [1.165, 1.54) is 7.11 Å². The van der Waals surface area contributed by atoms with Gasteiger partial charge in [-0.1, -0.05) is 44.2 Å². The highest BCUT2D eigenvalue weighted by Crippen LogP contribution is 2.17. The van der Waals surface area contributed by atoms with Crippen LogP contribution in [0.25, 0.3) is 0 Å².